The third-order valence-corrected chi connectivity index (χ3v) is 4.66. The highest BCUT2D eigenvalue weighted by Crippen LogP contribution is 2.26. The summed E-state index contributed by atoms with van der Waals surface area (Å²) in [5, 5.41) is 12.2. The number of carbonyl (C=O) groups is 1. The van der Waals surface area contributed by atoms with Crippen LogP contribution in [0.1, 0.15) is 15.9 Å². The molecule has 0 saturated heterocycles. The van der Waals surface area contributed by atoms with Gasteiger partial charge in [0.25, 0.3) is 5.91 Å². The lowest BCUT2D eigenvalue weighted by atomic mass is 10.2. The number of amides is 1. The first-order valence-electron chi connectivity index (χ1n) is 6.59. The lowest BCUT2D eigenvalue weighted by molar-refractivity contribution is 0.102. The van der Waals surface area contributed by atoms with Gasteiger partial charge in [0.2, 0.25) is 5.13 Å². The van der Waals surface area contributed by atoms with E-state index in [0.717, 1.165) is 14.1 Å². The second kappa shape index (κ2) is 6.53. The summed E-state index contributed by atoms with van der Waals surface area (Å²) in [5.41, 5.74) is 2.80. The summed E-state index contributed by atoms with van der Waals surface area (Å²) < 4.78 is 1.09. The number of carbonyl (C=O) groups excluding carboxylic acids is 1. The maximum absolute atomic E-state index is 12.1. The van der Waals surface area contributed by atoms with Crippen LogP contribution in [0.2, 0.25) is 0 Å². The number of nitrogens with one attached hydrogen (secondary N) is 1. The Morgan fingerprint density at radius 2 is 1.73 bits per heavy atom. The molecule has 1 amide bonds. The van der Waals surface area contributed by atoms with Crippen molar-refractivity contribution in [1.82, 2.24) is 10.2 Å². The van der Waals surface area contributed by atoms with Gasteiger partial charge in [-0.25, -0.2) is 0 Å². The van der Waals surface area contributed by atoms with Crippen LogP contribution in [0, 0.1) is 10.5 Å². The molecular weight excluding hydrogens is 409 g/mol. The van der Waals surface area contributed by atoms with Crippen molar-refractivity contribution in [2.75, 3.05) is 5.32 Å². The summed E-state index contributed by atoms with van der Waals surface area (Å²) in [6.45, 7) is 2.04. The molecule has 0 saturated carbocycles. The van der Waals surface area contributed by atoms with Crippen molar-refractivity contribution in [1.29, 1.82) is 0 Å². The predicted molar refractivity (Wildman–Crippen MR) is 97.2 cm³/mol. The van der Waals surface area contributed by atoms with Crippen molar-refractivity contribution in [2.45, 2.75) is 6.92 Å². The van der Waals surface area contributed by atoms with E-state index in [-0.39, 0.29) is 5.91 Å². The summed E-state index contributed by atoms with van der Waals surface area (Å²) in [6, 6.07) is 15.4. The molecule has 1 aromatic heterocycles. The lowest BCUT2D eigenvalue weighted by Crippen LogP contribution is -2.11. The molecule has 0 fully saturated rings. The first-order chi connectivity index (χ1) is 10.6. The van der Waals surface area contributed by atoms with Gasteiger partial charge < -0.3 is 0 Å². The number of benzene rings is 2. The summed E-state index contributed by atoms with van der Waals surface area (Å²) in [7, 11) is 0. The van der Waals surface area contributed by atoms with Gasteiger partial charge in [-0.2, -0.15) is 0 Å². The van der Waals surface area contributed by atoms with E-state index in [2.05, 4.69) is 38.1 Å². The van der Waals surface area contributed by atoms with Gasteiger partial charge in [0, 0.05) is 14.7 Å². The topological polar surface area (TPSA) is 54.9 Å². The molecule has 22 heavy (non-hydrogen) atoms. The molecule has 2 aromatic carbocycles. The first-order valence-corrected chi connectivity index (χ1v) is 8.49. The monoisotopic (exact) mass is 421 g/mol. The minimum atomic E-state index is -0.178. The highest BCUT2D eigenvalue weighted by molar-refractivity contribution is 14.1. The molecule has 0 aliphatic rings. The van der Waals surface area contributed by atoms with Crippen LogP contribution >= 0.6 is 33.9 Å². The van der Waals surface area contributed by atoms with E-state index < -0.39 is 0 Å². The van der Waals surface area contributed by atoms with E-state index in [1.165, 1.54) is 16.9 Å². The molecule has 6 heteroatoms. The molecule has 0 unspecified atom stereocenters. The van der Waals surface area contributed by atoms with Gasteiger partial charge in [-0.05, 0) is 53.8 Å². The molecule has 110 valence electrons. The molecule has 3 rings (SSSR count). The fourth-order valence-electron chi connectivity index (χ4n) is 1.86. The number of anilines is 1. The summed E-state index contributed by atoms with van der Waals surface area (Å²) in [6.07, 6.45) is 0. The van der Waals surface area contributed by atoms with Gasteiger partial charge in [0.15, 0.2) is 0 Å². The van der Waals surface area contributed by atoms with Gasteiger partial charge in [-0.1, -0.05) is 41.2 Å². The molecule has 1 heterocycles. The van der Waals surface area contributed by atoms with Crippen LogP contribution in [0.25, 0.3) is 10.6 Å². The molecule has 0 aliphatic carbocycles. The number of halogens is 1. The van der Waals surface area contributed by atoms with E-state index in [9.17, 15) is 4.79 Å². The number of aromatic nitrogens is 2. The summed E-state index contributed by atoms with van der Waals surface area (Å²) in [5.74, 6) is -0.178. The molecular formula is C16H12IN3OS. The second-order valence-electron chi connectivity index (χ2n) is 4.74. The Balaban J connectivity index is 1.75. The zero-order valence-electron chi connectivity index (χ0n) is 11.7. The quantitative estimate of drug-likeness (QED) is 0.640. The predicted octanol–water partition coefficient (Wildman–Crippen LogP) is 4.37. The van der Waals surface area contributed by atoms with Crippen LogP contribution in [0.15, 0.2) is 48.5 Å². The van der Waals surface area contributed by atoms with Crippen LogP contribution in [0.4, 0.5) is 5.13 Å². The van der Waals surface area contributed by atoms with Crippen molar-refractivity contribution in [3.8, 4) is 10.6 Å². The van der Waals surface area contributed by atoms with Crippen molar-refractivity contribution < 1.29 is 4.79 Å². The molecule has 4 nitrogen and oxygen atoms in total. The lowest BCUT2D eigenvalue weighted by Gasteiger charge is -2.00. The average Bonchev–Trinajstić information content (AvgIpc) is 2.97. The maximum Gasteiger partial charge on any atom is 0.257 e. The van der Waals surface area contributed by atoms with Crippen molar-refractivity contribution in [3.05, 3.63) is 63.2 Å². The van der Waals surface area contributed by atoms with E-state index in [1.54, 1.807) is 12.1 Å². The largest absolute Gasteiger partial charge is 0.296 e. The van der Waals surface area contributed by atoms with Crippen LogP contribution in [0.3, 0.4) is 0 Å². The molecule has 3 aromatic rings. The van der Waals surface area contributed by atoms with Crippen molar-refractivity contribution >= 4 is 45.0 Å². The molecule has 0 bridgehead atoms. The van der Waals surface area contributed by atoms with Crippen LogP contribution in [-0.4, -0.2) is 16.1 Å². The van der Waals surface area contributed by atoms with Crippen molar-refractivity contribution in [3.63, 3.8) is 0 Å². The van der Waals surface area contributed by atoms with Gasteiger partial charge in [-0.3, -0.25) is 10.1 Å². The second-order valence-corrected chi connectivity index (χ2v) is 6.96. The van der Waals surface area contributed by atoms with E-state index >= 15 is 0 Å². The Hall–Kier alpha value is -1.80. The maximum atomic E-state index is 12.1. The van der Waals surface area contributed by atoms with Crippen LogP contribution in [0.5, 0.6) is 0 Å². The SMILES string of the molecule is Cc1ccc(-c2nnc(NC(=O)c3ccc(I)cc3)s2)cc1. The van der Waals surface area contributed by atoms with Gasteiger partial charge in [0.1, 0.15) is 5.01 Å². The highest BCUT2D eigenvalue weighted by atomic mass is 127. The fourth-order valence-corrected chi connectivity index (χ4v) is 2.96. The number of hydrogen-bond donors (Lipinski definition) is 1. The molecule has 0 aliphatic heterocycles. The van der Waals surface area contributed by atoms with Gasteiger partial charge >= 0.3 is 0 Å². The molecule has 0 spiro atoms. The van der Waals surface area contributed by atoms with E-state index in [0.29, 0.717) is 10.7 Å². The molecule has 1 N–H and O–H groups in total. The first kappa shape index (κ1) is 15.1. The Morgan fingerprint density at radius 3 is 2.41 bits per heavy atom. The summed E-state index contributed by atoms with van der Waals surface area (Å²) >= 11 is 3.57. The average molecular weight is 421 g/mol. The standard InChI is InChI=1S/C16H12IN3OS/c1-10-2-4-12(5-3-10)15-19-20-16(22-15)18-14(21)11-6-8-13(17)9-7-11/h2-9H,1H3,(H,18,20,21). The Labute approximate surface area is 145 Å². The Kier molecular flexibility index (Phi) is 4.49. The Morgan fingerprint density at radius 1 is 1.05 bits per heavy atom. The zero-order chi connectivity index (χ0) is 15.5. The fraction of sp³-hybridized carbons (Fsp3) is 0.0625. The van der Waals surface area contributed by atoms with E-state index in [4.69, 9.17) is 0 Å². The third kappa shape index (κ3) is 3.50. The van der Waals surface area contributed by atoms with Crippen LogP contribution in [-0.2, 0) is 0 Å². The molecule has 0 radical (unpaired) electrons. The smallest absolute Gasteiger partial charge is 0.257 e. The zero-order valence-corrected chi connectivity index (χ0v) is 14.7. The van der Waals surface area contributed by atoms with Crippen molar-refractivity contribution in [2.24, 2.45) is 0 Å². The number of nitrogens with zero attached hydrogens (tertiary/aromatic N) is 2. The van der Waals surface area contributed by atoms with Gasteiger partial charge in [-0.15, -0.1) is 10.2 Å². The minimum Gasteiger partial charge on any atom is -0.296 e. The number of rotatable bonds is 3. The normalized spacial score (nSPS) is 10.5. The Bertz CT molecular complexity index is 797. The number of hydrogen-bond acceptors (Lipinski definition) is 4. The highest BCUT2D eigenvalue weighted by Gasteiger charge is 2.11. The van der Waals surface area contributed by atoms with E-state index in [1.807, 2.05) is 43.3 Å². The number of aryl methyl sites for hydroxylation is 1. The minimum absolute atomic E-state index is 0.178. The summed E-state index contributed by atoms with van der Waals surface area (Å²) in [4.78, 5) is 12.1. The third-order valence-electron chi connectivity index (χ3n) is 3.05. The van der Waals surface area contributed by atoms with Crippen LogP contribution < -0.4 is 5.32 Å². The molecule has 0 atom stereocenters. The van der Waals surface area contributed by atoms with Gasteiger partial charge in [0.05, 0.1) is 0 Å².